The summed E-state index contributed by atoms with van der Waals surface area (Å²) in [5, 5.41) is 3.41. The van der Waals surface area contributed by atoms with Gasteiger partial charge >= 0.3 is 0 Å². The molecule has 0 aliphatic carbocycles. The van der Waals surface area contributed by atoms with Crippen molar-refractivity contribution in [2.45, 2.75) is 6.92 Å². The predicted octanol–water partition coefficient (Wildman–Crippen LogP) is 2.76. The van der Waals surface area contributed by atoms with Gasteiger partial charge in [-0.05, 0) is 31.2 Å². The highest BCUT2D eigenvalue weighted by atomic mass is 35.5. The first kappa shape index (κ1) is 14.3. The molecule has 0 saturated heterocycles. The molecular formula is C14H15ClN4O. The number of hydrogen-bond donors (Lipinski definition) is 1. The van der Waals surface area contributed by atoms with Gasteiger partial charge in [0.25, 0.3) is 5.91 Å². The fourth-order valence-corrected chi connectivity index (χ4v) is 1.75. The number of hydrogen-bond acceptors (Lipinski definition) is 4. The number of amides is 1. The van der Waals surface area contributed by atoms with Crippen molar-refractivity contribution < 1.29 is 4.79 Å². The van der Waals surface area contributed by atoms with Crippen LogP contribution in [0.3, 0.4) is 0 Å². The maximum atomic E-state index is 12.2. The number of nitrogens with one attached hydrogen (secondary N) is 1. The van der Waals surface area contributed by atoms with Crippen molar-refractivity contribution in [2.75, 3.05) is 24.3 Å². The average molecular weight is 291 g/mol. The second kappa shape index (κ2) is 5.88. The Bertz CT molecular complexity index is 626. The van der Waals surface area contributed by atoms with E-state index in [1.165, 1.54) is 6.20 Å². The highest BCUT2D eigenvalue weighted by Gasteiger charge is 2.12. The Kier molecular flexibility index (Phi) is 4.20. The van der Waals surface area contributed by atoms with Crippen LogP contribution in [0.25, 0.3) is 0 Å². The molecule has 104 valence electrons. The van der Waals surface area contributed by atoms with Gasteiger partial charge in [0.1, 0.15) is 0 Å². The third-order valence-corrected chi connectivity index (χ3v) is 2.97. The molecule has 0 radical (unpaired) electrons. The number of carbonyl (C=O) groups excluding carboxylic acids is 1. The molecule has 2 rings (SSSR count). The SMILES string of the molecule is Cc1nc(N(C)C)ncc1C(=O)Nc1ccc(Cl)cc1. The summed E-state index contributed by atoms with van der Waals surface area (Å²) in [4.78, 5) is 22.4. The molecule has 20 heavy (non-hydrogen) atoms. The molecule has 0 atom stereocenters. The van der Waals surface area contributed by atoms with Gasteiger partial charge in [-0.25, -0.2) is 9.97 Å². The number of nitrogens with zero attached hydrogens (tertiary/aromatic N) is 3. The van der Waals surface area contributed by atoms with Crippen LogP contribution in [0.4, 0.5) is 11.6 Å². The number of halogens is 1. The molecule has 1 amide bonds. The Morgan fingerprint density at radius 1 is 1.25 bits per heavy atom. The molecule has 5 nitrogen and oxygen atoms in total. The lowest BCUT2D eigenvalue weighted by Gasteiger charge is -2.12. The lowest BCUT2D eigenvalue weighted by atomic mass is 10.2. The van der Waals surface area contributed by atoms with Crippen LogP contribution < -0.4 is 10.2 Å². The topological polar surface area (TPSA) is 58.1 Å². The van der Waals surface area contributed by atoms with E-state index in [2.05, 4.69) is 15.3 Å². The average Bonchev–Trinajstić information content (AvgIpc) is 2.41. The van der Waals surface area contributed by atoms with Crippen molar-refractivity contribution in [2.24, 2.45) is 0 Å². The lowest BCUT2D eigenvalue weighted by Crippen LogP contribution is -2.18. The van der Waals surface area contributed by atoms with Gasteiger partial charge < -0.3 is 10.2 Å². The van der Waals surface area contributed by atoms with Crippen LogP contribution in [0, 0.1) is 6.92 Å². The van der Waals surface area contributed by atoms with E-state index in [1.807, 2.05) is 14.1 Å². The van der Waals surface area contributed by atoms with Crippen LogP contribution in [0.1, 0.15) is 16.1 Å². The fraction of sp³-hybridized carbons (Fsp3) is 0.214. The molecule has 0 saturated carbocycles. The molecule has 0 aliphatic rings. The van der Waals surface area contributed by atoms with Crippen molar-refractivity contribution in [1.82, 2.24) is 9.97 Å². The van der Waals surface area contributed by atoms with E-state index in [0.29, 0.717) is 27.9 Å². The van der Waals surface area contributed by atoms with E-state index in [9.17, 15) is 4.79 Å². The van der Waals surface area contributed by atoms with Gasteiger partial charge in [0.15, 0.2) is 0 Å². The molecule has 1 N–H and O–H groups in total. The predicted molar refractivity (Wildman–Crippen MR) is 80.5 cm³/mol. The summed E-state index contributed by atoms with van der Waals surface area (Å²) >= 11 is 5.80. The molecule has 2 aromatic rings. The first-order valence-electron chi connectivity index (χ1n) is 6.05. The zero-order chi connectivity index (χ0) is 14.7. The van der Waals surface area contributed by atoms with Crippen molar-refractivity contribution >= 4 is 29.1 Å². The first-order valence-corrected chi connectivity index (χ1v) is 6.43. The zero-order valence-electron chi connectivity index (χ0n) is 11.5. The Balaban J connectivity index is 2.19. The molecule has 0 fully saturated rings. The highest BCUT2D eigenvalue weighted by molar-refractivity contribution is 6.30. The van der Waals surface area contributed by atoms with E-state index < -0.39 is 0 Å². The standard InChI is InChI=1S/C14H15ClN4O/c1-9-12(8-16-14(17-9)19(2)3)13(20)18-11-6-4-10(15)5-7-11/h4-8H,1-3H3,(H,18,20). The molecule has 6 heteroatoms. The number of aromatic nitrogens is 2. The van der Waals surface area contributed by atoms with E-state index in [0.717, 1.165) is 0 Å². The van der Waals surface area contributed by atoms with E-state index in [1.54, 1.807) is 36.1 Å². The number of carbonyl (C=O) groups is 1. The highest BCUT2D eigenvalue weighted by Crippen LogP contribution is 2.15. The van der Waals surface area contributed by atoms with E-state index in [-0.39, 0.29) is 5.91 Å². The maximum absolute atomic E-state index is 12.2. The van der Waals surface area contributed by atoms with E-state index >= 15 is 0 Å². The van der Waals surface area contributed by atoms with Crippen molar-refractivity contribution in [3.05, 3.63) is 46.7 Å². The minimum Gasteiger partial charge on any atom is -0.347 e. The number of anilines is 2. The molecule has 1 aromatic carbocycles. The summed E-state index contributed by atoms with van der Waals surface area (Å²) in [5.41, 5.74) is 1.76. The third-order valence-electron chi connectivity index (χ3n) is 2.71. The van der Waals surface area contributed by atoms with Crippen molar-refractivity contribution in [1.29, 1.82) is 0 Å². The minimum atomic E-state index is -0.241. The van der Waals surface area contributed by atoms with Crippen LogP contribution in [0.2, 0.25) is 5.02 Å². The van der Waals surface area contributed by atoms with E-state index in [4.69, 9.17) is 11.6 Å². The van der Waals surface area contributed by atoms with Gasteiger partial charge in [0.05, 0.1) is 11.3 Å². The van der Waals surface area contributed by atoms with Crippen LogP contribution in [-0.4, -0.2) is 30.0 Å². The Hall–Kier alpha value is -2.14. The van der Waals surface area contributed by atoms with Crippen LogP contribution in [-0.2, 0) is 0 Å². The van der Waals surface area contributed by atoms with Gasteiger partial charge in [0.2, 0.25) is 5.95 Å². The minimum absolute atomic E-state index is 0.241. The van der Waals surface area contributed by atoms with Crippen LogP contribution >= 0.6 is 11.6 Å². The van der Waals surface area contributed by atoms with Gasteiger partial charge in [-0.15, -0.1) is 0 Å². The van der Waals surface area contributed by atoms with Gasteiger partial charge in [-0.1, -0.05) is 11.6 Å². The zero-order valence-corrected chi connectivity index (χ0v) is 12.3. The van der Waals surface area contributed by atoms with Crippen molar-refractivity contribution in [3.63, 3.8) is 0 Å². The van der Waals surface area contributed by atoms with Crippen molar-refractivity contribution in [3.8, 4) is 0 Å². The summed E-state index contributed by atoms with van der Waals surface area (Å²) in [7, 11) is 3.70. The molecule has 0 aliphatic heterocycles. The molecule has 0 spiro atoms. The molecule has 1 aromatic heterocycles. The fourth-order valence-electron chi connectivity index (χ4n) is 1.62. The normalized spacial score (nSPS) is 10.2. The quantitative estimate of drug-likeness (QED) is 0.944. The molecule has 1 heterocycles. The summed E-state index contributed by atoms with van der Waals surface area (Å²) in [6.45, 7) is 1.78. The first-order chi connectivity index (χ1) is 9.47. The van der Waals surface area contributed by atoms with Crippen LogP contribution in [0.15, 0.2) is 30.5 Å². The summed E-state index contributed by atoms with van der Waals surface area (Å²) in [6.07, 6.45) is 1.53. The third kappa shape index (κ3) is 3.24. The number of benzene rings is 1. The number of aryl methyl sites for hydroxylation is 1. The monoisotopic (exact) mass is 290 g/mol. The second-order valence-electron chi connectivity index (χ2n) is 4.52. The molecule has 0 bridgehead atoms. The summed E-state index contributed by atoms with van der Waals surface area (Å²) < 4.78 is 0. The molecular weight excluding hydrogens is 276 g/mol. The van der Waals surface area contributed by atoms with Gasteiger partial charge in [0, 0.05) is 31.0 Å². The maximum Gasteiger partial charge on any atom is 0.259 e. The summed E-state index contributed by atoms with van der Waals surface area (Å²) in [5.74, 6) is 0.334. The summed E-state index contributed by atoms with van der Waals surface area (Å²) in [6, 6.07) is 6.92. The van der Waals surface area contributed by atoms with Gasteiger partial charge in [-0.3, -0.25) is 4.79 Å². The number of rotatable bonds is 3. The molecule has 0 unspecified atom stereocenters. The Morgan fingerprint density at radius 3 is 2.45 bits per heavy atom. The Morgan fingerprint density at radius 2 is 1.90 bits per heavy atom. The van der Waals surface area contributed by atoms with Gasteiger partial charge in [-0.2, -0.15) is 0 Å². The smallest absolute Gasteiger partial charge is 0.259 e. The largest absolute Gasteiger partial charge is 0.347 e. The lowest BCUT2D eigenvalue weighted by molar-refractivity contribution is 0.102. The Labute approximate surface area is 122 Å². The van der Waals surface area contributed by atoms with Crippen LogP contribution in [0.5, 0.6) is 0 Å². The second-order valence-corrected chi connectivity index (χ2v) is 4.96.